The predicted octanol–water partition coefficient (Wildman–Crippen LogP) is 4.86. The van der Waals surface area contributed by atoms with Gasteiger partial charge in [-0.15, -0.1) is 11.3 Å². The molecule has 2 aromatic rings. The molecular weight excluding hydrogens is 354 g/mol. The number of carbonyl (C=O) groups is 1. The molecule has 0 unspecified atom stereocenters. The highest BCUT2D eigenvalue weighted by molar-refractivity contribution is 9.10. The second kappa shape index (κ2) is 5.92. The zero-order valence-corrected chi connectivity index (χ0v) is 14.3. The van der Waals surface area contributed by atoms with Gasteiger partial charge in [-0.3, -0.25) is 4.79 Å². The Morgan fingerprint density at radius 2 is 2.20 bits per heavy atom. The van der Waals surface area contributed by atoms with Gasteiger partial charge in [0.1, 0.15) is 0 Å². The van der Waals surface area contributed by atoms with Gasteiger partial charge < -0.3 is 5.32 Å². The van der Waals surface area contributed by atoms with Crippen LogP contribution in [0.1, 0.15) is 25.7 Å². The molecule has 0 saturated carbocycles. The molecule has 20 heavy (non-hydrogen) atoms. The number of amides is 1. The maximum Gasteiger partial charge on any atom is 0.265 e. The van der Waals surface area contributed by atoms with E-state index in [-0.39, 0.29) is 5.91 Å². The predicted molar refractivity (Wildman–Crippen MR) is 91.0 cm³/mol. The number of rotatable bonds is 2. The molecule has 1 aromatic carbocycles. The second-order valence-electron chi connectivity index (χ2n) is 4.80. The molecule has 5 heteroatoms. The summed E-state index contributed by atoms with van der Waals surface area (Å²) in [7, 11) is 0. The fraction of sp³-hybridized carbons (Fsp3) is 0.267. The first-order valence-electron chi connectivity index (χ1n) is 6.40. The van der Waals surface area contributed by atoms with Crippen molar-refractivity contribution in [3.05, 3.63) is 49.6 Å². The molecule has 3 rings (SSSR count). The van der Waals surface area contributed by atoms with E-state index in [0.29, 0.717) is 0 Å². The molecule has 0 radical (unpaired) electrons. The highest BCUT2D eigenvalue weighted by atomic mass is 79.9. The van der Waals surface area contributed by atoms with Crippen LogP contribution in [0.5, 0.6) is 0 Å². The highest BCUT2D eigenvalue weighted by Crippen LogP contribution is 2.32. The minimum Gasteiger partial charge on any atom is -0.320 e. The van der Waals surface area contributed by atoms with Crippen molar-refractivity contribution in [2.75, 3.05) is 11.1 Å². The van der Waals surface area contributed by atoms with Crippen LogP contribution >= 0.6 is 39.0 Å². The lowest BCUT2D eigenvalue weighted by Crippen LogP contribution is -2.10. The quantitative estimate of drug-likeness (QED) is 0.820. The average molecular weight is 368 g/mol. The van der Waals surface area contributed by atoms with Gasteiger partial charge in [0.05, 0.1) is 10.6 Å². The Balaban J connectivity index is 1.80. The van der Waals surface area contributed by atoms with Crippen molar-refractivity contribution in [1.82, 2.24) is 0 Å². The molecule has 1 aromatic heterocycles. The summed E-state index contributed by atoms with van der Waals surface area (Å²) < 4.78 is 0.919. The number of hydrogen-bond acceptors (Lipinski definition) is 3. The standard InChI is InChI=1S/C15H14BrNOS2/c1-9-2-3-12(11(16)6-9)17-15(18)14-7-10-8-19-5-4-13(10)20-14/h2-3,6-7H,4-5,8H2,1H3,(H,17,18). The largest absolute Gasteiger partial charge is 0.320 e. The molecule has 2 heterocycles. The number of benzene rings is 1. The van der Waals surface area contributed by atoms with Gasteiger partial charge in [0.25, 0.3) is 5.91 Å². The van der Waals surface area contributed by atoms with Crippen LogP contribution in [-0.2, 0) is 12.2 Å². The Kier molecular flexibility index (Phi) is 4.19. The summed E-state index contributed by atoms with van der Waals surface area (Å²) >= 11 is 7.06. The van der Waals surface area contributed by atoms with Gasteiger partial charge in [0.2, 0.25) is 0 Å². The Bertz CT molecular complexity index is 642. The number of nitrogens with one attached hydrogen (secondary N) is 1. The fourth-order valence-corrected chi connectivity index (χ4v) is 5.02. The molecule has 0 aliphatic carbocycles. The summed E-state index contributed by atoms with van der Waals surface area (Å²) in [6.07, 6.45) is 1.09. The van der Waals surface area contributed by atoms with Crippen molar-refractivity contribution in [1.29, 1.82) is 0 Å². The molecule has 2 nitrogen and oxygen atoms in total. The monoisotopic (exact) mass is 367 g/mol. The first kappa shape index (κ1) is 14.2. The van der Waals surface area contributed by atoms with Crippen LogP contribution in [0.15, 0.2) is 28.7 Å². The number of thiophene rings is 1. The van der Waals surface area contributed by atoms with E-state index in [1.807, 2.05) is 43.0 Å². The molecule has 104 valence electrons. The van der Waals surface area contributed by atoms with Crippen LogP contribution in [0.25, 0.3) is 0 Å². The van der Waals surface area contributed by atoms with Crippen LogP contribution in [0.4, 0.5) is 5.69 Å². The molecule has 1 aliphatic heterocycles. The van der Waals surface area contributed by atoms with Crippen molar-refractivity contribution >= 4 is 50.6 Å². The van der Waals surface area contributed by atoms with Gasteiger partial charge in [-0.2, -0.15) is 11.8 Å². The van der Waals surface area contributed by atoms with E-state index >= 15 is 0 Å². The molecule has 0 spiro atoms. The van der Waals surface area contributed by atoms with Crippen molar-refractivity contribution in [2.45, 2.75) is 19.1 Å². The molecule has 0 fully saturated rings. The van der Waals surface area contributed by atoms with Gasteiger partial charge in [0.15, 0.2) is 0 Å². The second-order valence-corrected chi connectivity index (χ2v) is 7.90. The van der Waals surface area contributed by atoms with Gasteiger partial charge in [0, 0.05) is 15.1 Å². The molecule has 0 atom stereocenters. The Hall–Kier alpha value is -0.780. The fourth-order valence-electron chi connectivity index (χ4n) is 2.16. The number of halogens is 1. The van der Waals surface area contributed by atoms with Crippen LogP contribution in [0.3, 0.4) is 0 Å². The van der Waals surface area contributed by atoms with Gasteiger partial charge in [-0.05, 0) is 64.4 Å². The normalized spacial score (nSPS) is 13.9. The number of fused-ring (bicyclic) bond motifs is 1. The molecular formula is C15H14BrNOS2. The topological polar surface area (TPSA) is 29.1 Å². The van der Waals surface area contributed by atoms with E-state index in [0.717, 1.165) is 33.0 Å². The highest BCUT2D eigenvalue weighted by Gasteiger charge is 2.18. The van der Waals surface area contributed by atoms with Crippen molar-refractivity contribution in [3.63, 3.8) is 0 Å². The van der Waals surface area contributed by atoms with Gasteiger partial charge >= 0.3 is 0 Å². The Morgan fingerprint density at radius 3 is 2.95 bits per heavy atom. The van der Waals surface area contributed by atoms with Crippen molar-refractivity contribution < 1.29 is 4.79 Å². The van der Waals surface area contributed by atoms with E-state index in [2.05, 4.69) is 21.2 Å². The summed E-state index contributed by atoms with van der Waals surface area (Å²) in [5.41, 5.74) is 3.32. The van der Waals surface area contributed by atoms with Crippen LogP contribution < -0.4 is 5.32 Å². The summed E-state index contributed by atoms with van der Waals surface area (Å²) in [6, 6.07) is 7.98. The van der Waals surface area contributed by atoms with Crippen molar-refractivity contribution in [2.24, 2.45) is 0 Å². The number of thioether (sulfide) groups is 1. The average Bonchev–Trinajstić information content (AvgIpc) is 2.86. The van der Waals surface area contributed by atoms with Gasteiger partial charge in [-0.25, -0.2) is 0 Å². The maximum absolute atomic E-state index is 12.3. The molecule has 0 bridgehead atoms. The minimum atomic E-state index is -0.0149. The number of hydrogen-bond donors (Lipinski definition) is 1. The third-order valence-electron chi connectivity index (χ3n) is 3.22. The lowest BCUT2D eigenvalue weighted by atomic mass is 10.2. The van der Waals surface area contributed by atoms with Gasteiger partial charge in [-0.1, -0.05) is 6.07 Å². The Labute approximate surface area is 135 Å². The summed E-state index contributed by atoms with van der Waals surface area (Å²) in [5.74, 6) is 2.18. The molecule has 1 amide bonds. The third kappa shape index (κ3) is 2.95. The van der Waals surface area contributed by atoms with E-state index in [1.54, 1.807) is 11.3 Å². The maximum atomic E-state index is 12.3. The smallest absolute Gasteiger partial charge is 0.265 e. The molecule has 1 N–H and O–H groups in total. The zero-order valence-electron chi connectivity index (χ0n) is 11.0. The van der Waals surface area contributed by atoms with E-state index in [9.17, 15) is 4.79 Å². The minimum absolute atomic E-state index is 0.0149. The first-order valence-corrected chi connectivity index (χ1v) is 9.17. The summed E-state index contributed by atoms with van der Waals surface area (Å²) in [6.45, 7) is 2.03. The zero-order chi connectivity index (χ0) is 14.1. The van der Waals surface area contributed by atoms with Crippen molar-refractivity contribution in [3.8, 4) is 0 Å². The Morgan fingerprint density at radius 1 is 1.35 bits per heavy atom. The molecule has 0 saturated heterocycles. The first-order chi connectivity index (χ1) is 9.63. The number of carbonyl (C=O) groups excluding carboxylic acids is 1. The van der Waals surface area contributed by atoms with E-state index < -0.39 is 0 Å². The van der Waals surface area contributed by atoms with E-state index in [1.165, 1.54) is 16.0 Å². The number of aryl methyl sites for hydroxylation is 2. The third-order valence-corrected chi connectivity index (χ3v) is 6.12. The summed E-state index contributed by atoms with van der Waals surface area (Å²) in [4.78, 5) is 14.5. The van der Waals surface area contributed by atoms with Crippen LogP contribution in [0, 0.1) is 6.92 Å². The molecule has 1 aliphatic rings. The number of anilines is 1. The van der Waals surface area contributed by atoms with E-state index in [4.69, 9.17) is 0 Å². The van der Waals surface area contributed by atoms with Crippen LogP contribution in [0.2, 0.25) is 0 Å². The lowest BCUT2D eigenvalue weighted by Gasteiger charge is -2.08. The SMILES string of the molecule is Cc1ccc(NC(=O)c2cc3c(s2)CCSC3)c(Br)c1. The summed E-state index contributed by atoms with van der Waals surface area (Å²) in [5, 5.41) is 2.98. The van der Waals surface area contributed by atoms with Crippen LogP contribution in [-0.4, -0.2) is 11.7 Å². The lowest BCUT2D eigenvalue weighted by molar-refractivity contribution is 0.103.